The third-order valence-corrected chi connectivity index (χ3v) is 2.56. The van der Waals surface area contributed by atoms with E-state index in [4.69, 9.17) is 22.7 Å². The summed E-state index contributed by atoms with van der Waals surface area (Å²) >= 11 is 5.82. The Labute approximate surface area is 123 Å². The monoisotopic (exact) mass is 293 g/mol. The predicted molar refractivity (Wildman–Crippen MR) is 83.9 cm³/mol. The zero-order chi connectivity index (χ0) is 15.1. The van der Waals surface area contributed by atoms with Gasteiger partial charge in [0.25, 0.3) is 0 Å². The summed E-state index contributed by atoms with van der Waals surface area (Å²) in [6.07, 6.45) is 4.92. The molecule has 1 aromatic carbocycles. The molecular weight excluding hydrogens is 277 g/mol. The van der Waals surface area contributed by atoms with Gasteiger partial charge in [0, 0.05) is 0 Å². The highest BCUT2D eigenvalue weighted by Gasteiger charge is 2.08. The summed E-state index contributed by atoms with van der Waals surface area (Å²) in [7, 11) is 0. The zero-order valence-corrected chi connectivity index (χ0v) is 12.2. The molecule has 106 valence electrons. The van der Waals surface area contributed by atoms with Crippen LogP contribution < -0.4 is 5.73 Å². The zero-order valence-electron chi connectivity index (χ0n) is 11.4. The van der Waals surface area contributed by atoms with Crippen LogP contribution in [0.3, 0.4) is 0 Å². The molecule has 0 spiro atoms. The first-order chi connectivity index (χ1) is 9.43. The lowest BCUT2D eigenvalue weighted by Gasteiger charge is -2.06. The van der Waals surface area contributed by atoms with Crippen molar-refractivity contribution in [1.82, 2.24) is 0 Å². The smallest absolute Gasteiger partial charge is 0.123 e. The molecule has 20 heavy (non-hydrogen) atoms. The molecule has 1 unspecified atom stereocenters. The lowest BCUT2D eigenvalue weighted by Crippen LogP contribution is -2.20. The van der Waals surface area contributed by atoms with E-state index < -0.39 is 5.50 Å². The van der Waals surface area contributed by atoms with E-state index in [0.29, 0.717) is 11.4 Å². The van der Waals surface area contributed by atoms with Crippen molar-refractivity contribution in [3.63, 3.8) is 0 Å². The summed E-state index contributed by atoms with van der Waals surface area (Å²) < 4.78 is 12.8. The summed E-state index contributed by atoms with van der Waals surface area (Å²) in [6.45, 7) is 3.46. The second-order valence-electron chi connectivity index (χ2n) is 4.09. The Kier molecular flexibility index (Phi) is 6.12. The van der Waals surface area contributed by atoms with Gasteiger partial charge < -0.3 is 5.73 Å². The van der Waals surface area contributed by atoms with Crippen molar-refractivity contribution in [3.8, 4) is 0 Å². The van der Waals surface area contributed by atoms with Gasteiger partial charge in [-0.15, -0.1) is 0 Å². The molecule has 1 aromatic rings. The van der Waals surface area contributed by atoms with Gasteiger partial charge in [-0.1, -0.05) is 35.9 Å². The molecule has 0 amide bonds. The SMILES string of the molecule is C/C=C(N)\C(=N/C(C)Cl)C(=N)/C=C/c1ccc(F)cc1. The first-order valence-corrected chi connectivity index (χ1v) is 6.54. The minimum absolute atomic E-state index is 0.150. The van der Waals surface area contributed by atoms with Crippen molar-refractivity contribution in [2.24, 2.45) is 10.7 Å². The van der Waals surface area contributed by atoms with Gasteiger partial charge in [-0.2, -0.15) is 0 Å². The summed E-state index contributed by atoms with van der Waals surface area (Å²) in [4.78, 5) is 4.13. The number of rotatable bonds is 5. The molecule has 0 bridgehead atoms. The average molecular weight is 294 g/mol. The summed E-state index contributed by atoms with van der Waals surface area (Å²) in [6, 6.07) is 5.97. The molecule has 0 saturated carbocycles. The minimum Gasteiger partial charge on any atom is -0.397 e. The molecule has 0 radical (unpaired) electrons. The van der Waals surface area contributed by atoms with Crippen LogP contribution in [0.15, 0.2) is 47.1 Å². The molecule has 1 atom stereocenters. The maximum atomic E-state index is 12.8. The molecule has 1 rings (SSSR count). The van der Waals surface area contributed by atoms with Crippen LogP contribution in [0.1, 0.15) is 19.4 Å². The Morgan fingerprint density at radius 3 is 2.50 bits per heavy atom. The van der Waals surface area contributed by atoms with Gasteiger partial charge in [0.2, 0.25) is 0 Å². The van der Waals surface area contributed by atoms with E-state index in [2.05, 4.69) is 4.99 Å². The highest BCUT2D eigenvalue weighted by Crippen LogP contribution is 2.07. The maximum Gasteiger partial charge on any atom is 0.123 e. The number of hydrogen-bond donors (Lipinski definition) is 2. The quantitative estimate of drug-likeness (QED) is 0.485. The fraction of sp³-hybridized carbons (Fsp3) is 0.200. The van der Waals surface area contributed by atoms with Gasteiger partial charge in [-0.05, 0) is 37.6 Å². The second kappa shape index (κ2) is 7.60. The van der Waals surface area contributed by atoms with Gasteiger partial charge >= 0.3 is 0 Å². The third-order valence-electron chi connectivity index (χ3n) is 2.46. The first-order valence-electron chi connectivity index (χ1n) is 6.10. The molecule has 3 nitrogen and oxygen atoms in total. The van der Waals surface area contributed by atoms with Crippen LogP contribution in [0.4, 0.5) is 4.39 Å². The lowest BCUT2D eigenvalue weighted by atomic mass is 10.1. The molecular formula is C15H17ClFN3. The van der Waals surface area contributed by atoms with Crippen LogP contribution in [0, 0.1) is 11.2 Å². The average Bonchev–Trinajstić information content (AvgIpc) is 2.42. The van der Waals surface area contributed by atoms with E-state index >= 15 is 0 Å². The lowest BCUT2D eigenvalue weighted by molar-refractivity contribution is 0.628. The Bertz CT molecular complexity index is 557. The Morgan fingerprint density at radius 2 is 2.00 bits per heavy atom. The molecule has 0 heterocycles. The maximum absolute atomic E-state index is 12.8. The van der Waals surface area contributed by atoms with Crippen molar-refractivity contribution in [2.45, 2.75) is 19.3 Å². The summed E-state index contributed by atoms with van der Waals surface area (Å²) in [5.41, 5.74) is 7.01. The number of allylic oxidation sites excluding steroid dienone is 3. The molecule has 0 aromatic heterocycles. The van der Waals surface area contributed by atoms with Crippen molar-refractivity contribution in [2.75, 3.05) is 0 Å². The van der Waals surface area contributed by atoms with E-state index in [-0.39, 0.29) is 11.5 Å². The van der Waals surface area contributed by atoms with Crippen molar-refractivity contribution >= 4 is 29.1 Å². The third kappa shape index (κ3) is 4.97. The van der Waals surface area contributed by atoms with Crippen LogP contribution in [0.2, 0.25) is 0 Å². The van der Waals surface area contributed by atoms with Gasteiger partial charge in [-0.3, -0.25) is 10.4 Å². The van der Waals surface area contributed by atoms with Gasteiger partial charge in [-0.25, -0.2) is 4.39 Å². The highest BCUT2D eigenvalue weighted by molar-refractivity contribution is 6.51. The van der Waals surface area contributed by atoms with E-state index in [1.807, 2.05) is 0 Å². The number of nitrogens with two attached hydrogens (primary N) is 1. The van der Waals surface area contributed by atoms with E-state index in [0.717, 1.165) is 5.56 Å². The number of benzene rings is 1. The second-order valence-corrected chi connectivity index (χ2v) is 4.73. The molecule has 0 aliphatic carbocycles. The number of nitrogens with zero attached hydrogens (tertiary/aromatic N) is 1. The Hall–Kier alpha value is -1.94. The standard InChI is InChI=1S/C15H17ClFN3/c1-3-13(18)15(20-10(2)16)14(19)9-6-11-4-7-12(17)8-5-11/h3-10,19H,18H2,1-2H3/b9-6+,13-3+,19-14?,20-15+. The van der Waals surface area contributed by atoms with Crippen LogP contribution in [-0.2, 0) is 0 Å². The fourth-order valence-corrected chi connectivity index (χ4v) is 1.54. The normalized spacial score (nSPS) is 14.6. The predicted octanol–water partition coefficient (Wildman–Crippen LogP) is 3.75. The van der Waals surface area contributed by atoms with Crippen LogP contribution in [0.25, 0.3) is 6.08 Å². The minimum atomic E-state index is -0.469. The van der Waals surface area contributed by atoms with Crippen LogP contribution in [0.5, 0.6) is 0 Å². The number of nitrogens with one attached hydrogen (secondary N) is 1. The van der Waals surface area contributed by atoms with Crippen LogP contribution >= 0.6 is 11.6 Å². The number of alkyl halides is 1. The number of halogens is 2. The van der Waals surface area contributed by atoms with E-state index in [9.17, 15) is 4.39 Å². The topological polar surface area (TPSA) is 62.2 Å². The Balaban J connectivity index is 2.94. The molecule has 3 N–H and O–H groups in total. The van der Waals surface area contributed by atoms with Crippen molar-refractivity contribution in [1.29, 1.82) is 5.41 Å². The molecule has 0 aliphatic rings. The van der Waals surface area contributed by atoms with Crippen molar-refractivity contribution < 1.29 is 4.39 Å². The number of hydrogen-bond acceptors (Lipinski definition) is 3. The largest absolute Gasteiger partial charge is 0.397 e. The van der Waals surface area contributed by atoms with Gasteiger partial charge in [0.15, 0.2) is 0 Å². The highest BCUT2D eigenvalue weighted by atomic mass is 35.5. The first kappa shape index (κ1) is 16.1. The van der Waals surface area contributed by atoms with E-state index in [1.54, 1.807) is 44.2 Å². The fourth-order valence-electron chi connectivity index (χ4n) is 1.45. The van der Waals surface area contributed by atoms with E-state index in [1.165, 1.54) is 12.1 Å². The van der Waals surface area contributed by atoms with Gasteiger partial charge in [0.1, 0.15) is 17.0 Å². The molecule has 0 aliphatic heterocycles. The summed E-state index contributed by atoms with van der Waals surface area (Å²) in [5.74, 6) is -0.298. The number of aliphatic imine (C=N–C) groups is 1. The van der Waals surface area contributed by atoms with Crippen molar-refractivity contribution in [3.05, 3.63) is 53.5 Å². The van der Waals surface area contributed by atoms with Gasteiger partial charge in [0.05, 0.1) is 11.4 Å². The van der Waals surface area contributed by atoms with Crippen LogP contribution in [-0.4, -0.2) is 16.9 Å². The Morgan fingerprint density at radius 1 is 1.40 bits per heavy atom. The molecule has 5 heteroatoms. The molecule has 0 fully saturated rings. The summed E-state index contributed by atoms with van der Waals surface area (Å²) in [5, 5.41) is 7.99. The molecule has 0 saturated heterocycles.